The lowest BCUT2D eigenvalue weighted by Crippen LogP contribution is -2.44. The van der Waals surface area contributed by atoms with E-state index in [-0.39, 0.29) is 23.8 Å². The van der Waals surface area contributed by atoms with Crippen LogP contribution in [0.1, 0.15) is 50.2 Å². The second-order valence-corrected chi connectivity index (χ2v) is 11.2. The highest BCUT2D eigenvalue weighted by atomic mass is 32.2. The van der Waals surface area contributed by atoms with Gasteiger partial charge in [-0.25, -0.2) is 8.42 Å². The van der Waals surface area contributed by atoms with Crippen molar-refractivity contribution in [2.24, 2.45) is 12.0 Å². The van der Waals surface area contributed by atoms with Crippen LogP contribution in [0.3, 0.4) is 0 Å². The zero-order valence-electron chi connectivity index (χ0n) is 20.1. The van der Waals surface area contributed by atoms with Crippen LogP contribution in [0.25, 0.3) is 0 Å². The maximum atomic E-state index is 12.7. The lowest BCUT2D eigenvalue weighted by molar-refractivity contribution is 0.585. The lowest BCUT2D eigenvalue weighted by atomic mass is 9.87. The zero-order valence-corrected chi connectivity index (χ0v) is 20.9. The maximum absolute atomic E-state index is 12.7. The first-order chi connectivity index (χ1) is 14.3. The van der Waals surface area contributed by atoms with Crippen LogP contribution in [-0.2, 0) is 28.7 Å². The Balaban J connectivity index is 1.92. The molecule has 0 aliphatic rings. The monoisotopic (exact) mass is 447 g/mol. The van der Waals surface area contributed by atoms with Crippen molar-refractivity contribution in [2.45, 2.75) is 64.3 Å². The fourth-order valence-electron chi connectivity index (χ4n) is 3.48. The summed E-state index contributed by atoms with van der Waals surface area (Å²) in [6.45, 7) is 12.8. The Morgan fingerprint density at radius 2 is 1.81 bits per heavy atom. The molecular formula is C23H37N5O2S. The van der Waals surface area contributed by atoms with Crippen LogP contribution in [0.5, 0.6) is 0 Å². The van der Waals surface area contributed by atoms with E-state index in [4.69, 9.17) is 0 Å². The highest BCUT2D eigenvalue weighted by Crippen LogP contribution is 2.23. The molecule has 1 unspecified atom stereocenters. The van der Waals surface area contributed by atoms with Crippen LogP contribution in [0.4, 0.5) is 0 Å². The van der Waals surface area contributed by atoms with Gasteiger partial charge in [-0.15, -0.1) is 0 Å². The van der Waals surface area contributed by atoms with Gasteiger partial charge in [0.05, 0.1) is 16.3 Å². The zero-order chi connectivity index (χ0) is 23.4. The van der Waals surface area contributed by atoms with Crippen molar-refractivity contribution in [3.05, 3.63) is 46.8 Å². The second-order valence-electron chi connectivity index (χ2n) is 9.11. The van der Waals surface area contributed by atoms with E-state index in [1.165, 1.54) is 5.56 Å². The molecule has 31 heavy (non-hydrogen) atoms. The third kappa shape index (κ3) is 6.56. The summed E-state index contributed by atoms with van der Waals surface area (Å²) in [5, 5.41) is 10.9. The summed E-state index contributed by atoms with van der Waals surface area (Å²) in [4.78, 5) is 4.58. The molecule has 2 rings (SSSR count). The van der Waals surface area contributed by atoms with Crippen molar-refractivity contribution < 1.29 is 8.42 Å². The Morgan fingerprint density at radius 1 is 1.19 bits per heavy atom. The summed E-state index contributed by atoms with van der Waals surface area (Å²) in [6, 6.07) is 7.30. The van der Waals surface area contributed by atoms with Gasteiger partial charge in [-0.3, -0.25) is 9.67 Å². The number of hydrogen-bond donors (Lipinski definition) is 2. The van der Waals surface area contributed by atoms with Gasteiger partial charge in [0, 0.05) is 32.4 Å². The highest BCUT2D eigenvalue weighted by Gasteiger charge is 2.18. The Kier molecular flexibility index (Phi) is 7.92. The van der Waals surface area contributed by atoms with Crippen LogP contribution in [0, 0.1) is 13.8 Å². The van der Waals surface area contributed by atoms with Crippen LogP contribution >= 0.6 is 0 Å². The minimum Gasteiger partial charge on any atom is -0.355 e. The van der Waals surface area contributed by atoms with Gasteiger partial charge in [0.15, 0.2) is 15.8 Å². The molecule has 0 spiro atoms. The first-order valence-corrected chi connectivity index (χ1v) is 12.3. The molecule has 0 radical (unpaired) electrons. The quantitative estimate of drug-likeness (QED) is 0.503. The minimum absolute atomic E-state index is 0.00222. The summed E-state index contributed by atoms with van der Waals surface area (Å²) < 4.78 is 27.3. The Bertz CT molecular complexity index is 1020. The molecule has 1 aromatic heterocycles. The second kappa shape index (κ2) is 9.85. The molecule has 2 N–H and O–H groups in total. The van der Waals surface area contributed by atoms with Gasteiger partial charge in [0.1, 0.15) is 0 Å². The van der Waals surface area contributed by atoms with Crippen LogP contribution in [-0.4, -0.2) is 49.5 Å². The summed E-state index contributed by atoms with van der Waals surface area (Å²) in [5.74, 6) is 0.586. The highest BCUT2D eigenvalue weighted by molar-refractivity contribution is 7.91. The number of sulfone groups is 1. The first kappa shape index (κ1) is 24.9. The predicted molar refractivity (Wildman–Crippen MR) is 128 cm³/mol. The first-order valence-electron chi connectivity index (χ1n) is 10.6. The van der Waals surface area contributed by atoms with Gasteiger partial charge in [0.25, 0.3) is 0 Å². The Labute approximate surface area is 187 Å². The molecule has 172 valence electrons. The summed E-state index contributed by atoms with van der Waals surface area (Å²) in [6.07, 6.45) is 0.810. The average Bonchev–Trinajstić information content (AvgIpc) is 2.92. The number of aryl methyl sites for hydroxylation is 2. The molecule has 0 bridgehead atoms. The van der Waals surface area contributed by atoms with Crippen molar-refractivity contribution in [3.8, 4) is 0 Å². The molecule has 1 aromatic carbocycles. The summed E-state index contributed by atoms with van der Waals surface area (Å²) >= 11 is 0. The van der Waals surface area contributed by atoms with Gasteiger partial charge >= 0.3 is 0 Å². The smallest absolute Gasteiger partial charge is 0.191 e. The van der Waals surface area contributed by atoms with Crippen LogP contribution in [0.2, 0.25) is 0 Å². The van der Waals surface area contributed by atoms with E-state index < -0.39 is 9.84 Å². The Morgan fingerprint density at radius 3 is 2.29 bits per heavy atom. The number of hydrogen-bond acceptors (Lipinski definition) is 4. The molecule has 0 fully saturated rings. The summed E-state index contributed by atoms with van der Waals surface area (Å²) in [7, 11) is 0.261. The number of nitrogens with one attached hydrogen (secondary N) is 2. The van der Waals surface area contributed by atoms with Gasteiger partial charge in [-0.1, -0.05) is 32.9 Å². The molecule has 0 saturated heterocycles. The molecule has 2 aromatic rings. The van der Waals surface area contributed by atoms with Crippen LogP contribution < -0.4 is 10.6 Å². The third-order valence-corrected chi connectivity index (χ3v) is 7.25. The van der Waals surface area contributed by atoms with Crippen molar-refractivity contribution in [2.75, 3.05) is 19.3 Å². The van der Waals surface area contributed by atoms with Crippen molar-refractivity contribution in [1.82, 2.24) is 20.4 Å². The van der Waals surface area contributed by atoms with Gasteiger partial charge in [0.2, 0.25) is 0 Å². The fraction of sp³-hybridized carbons (Fsp3) is 0.565. The number of aromatic nitrogens is 2. The summed E-state index contributed by atoms with van der Waals surface area (Å²) in [5.41, 5.74) is 4.50. The number of rotatable bonds is 7. The molecule has 0 aliphatic carbocycles. The number of nitrogens with zero attached hydrogens (tertiary/aromatic N) is 3. The predicted octanol–water partition coefficient (Wildman–Crippen LogP) is 2.90. The topological polar surface area (TPSA) is 88.4 Å². The van der Waals surface area contributed by atoms with E-state index in [1.807, 2.05) is 30.8 Å². The van der Waals surface area contributed by atoms with Crippen LogP contribution in [0.15, 0.2) is 34.2 Å². The number of guanidine groups is 1. The minimum atomic E-state index is -3.37. The largest absolute Gasteiger partial charge is 0.355 e. The molecule has 1 heterocycles. The molecule has 0 saturated carbocycles. The van der Waals surface area contributed by atoms with Gasteiger partial charge < -0.3 is 10.6 Å². The molecule has 1 atom stereocenters. The SMILES string of the molecule is CN=C(NCCS(=O)(=O)c1ccc(C(C)(C)C)cc1)NC(C)Cc1c(C)nn(C)c1C. The van der Waals surface area contributed by atoms with E-state index >= 15 is 0 Å². The third-order valence-electron chi connectivity index (χ3n) is 5.52. The molecular weight excluding hydrogens is 410 g/mol. The van der Waals surface area contributed by atoms with Gasteiger partial charge in [-0.2, -0.15) is 5.10 Å². The lowest BCUT2D eigenvalue weighted by Gasteiger charge is -2.19. The molecule has 7 nitrogen and oxygen atoms in total. The maximum Gasteiger partial charge on any atom is 0.191 e. The van der Waals surface area contributed by atoms with Gasteiger partial charge in [-0.05, 0) is 55.9 Å². The number of aliphatic imine (C=N–C) groups is 1. The normalized spacial score (nSPS) is 13.9. The average molecular weight is 448 g/mol. The number of benzene rings is 1. The van der Waals surface area contributed by atoms with E-state index in [0.29, 0.717) is 10.9 Å². The molecule has 0 aliphatic heterocycles. The Hall–Kier alpha value is -2.35. The van der Waals surface area contributed by atoms with Crippen molar-refractivity contribution >= 4 is 15.8 Å². The fourth-order valence-corrected chi connectivity index (χ4v) is 4.64. The molecule has 0 amide bonds. The van der Waals surface area contributed by atoms with Crippen molar-refractivity contribution in [1.29, 1.82) is 0 Å². The standard InChI is InChI=1S/C23H37N5O2S/c1-16(15-21-17(2)27-28(8)18(21)3)26-22(24-7)25-13-14-31(29,30)20-11-9-19(10-12-20)23(4,5)6/h9-12,16H,13-15H2,1-8H3,(H2,24,25,26). The van der Waals surface area contributed by atoms with E-state index in [0.717, 1.165) is 23.4 Å². The van der Waals surface area contributed by atoms with E-state index in [9.17, 15) is 8.42 Å². The van der Waals surface area contributed by atoms with E-state index in [2.05, 4.69) is 55.3 Å². The molecule has 8 heteroatoms. The van der Waals surface area contributed by atoms with Crippen molar-refractivity contribution in [3.63, 3.8) is 0 Å². The van der Waals surface area contributed by atoms with E-state index in [1.54, 1.807) is 19.2 Å².